The molecule has 0 amide bonds. The first-order valence-electron chi connectivity index (χ1n) is 11.1. The number of aliphatic hydroxyl groups is 2. The van der Waals surface area contributed by atoms with Gasteiger partial charge in [0.15, 0.2) is 6.29 Å². The molecule has 1 fully saturated rings. The van der Waals surface area contributed by atoms with Crippen molar-refractivity contribution in [1.29, 1.82) is 0 Å². The zero-order valence-electron chi connectivity index (χ0n) is 18.4. The van der Waals surface area contributed by atoms with Gasteiger partial charge in [0.2, 0.25) is 0 Å². The van der Waals surface area contributed by atoms with E-state index < -0.39 is 30.7 Å². The lowest BCUT2D eigenvalue weighted by Gasteiger charge is -2.42. The number of benzene rings is 3. The summed E-state index contributed by atoms with van der Waals surface area (Å²) in [6.07, 6.45) is -4.72. The molecule has 1 aliphatic rings. The Labute approximate surface area is 194 Å². The Morgan fingerprint density at radius 2 is 1.06 bits per heavy atom. The van der Waals surface area contributed by atoms with Crippen LogP contribution in [0.15, 0.2) is 91.0 Å². The molecule has 3 aromatic rings. The molecule has 0 radical (unpaired) electrons. The molecule has 3 aromatic carbocycles. The first-order chi connectivity index (χ1) is 16.2. The number of hydrogen-bond donors (Lipinski definition) is 2. The number of aliphatic hydroxyl groups excluding tert-OH is 2. The summed E-state index contributed by atoms with van der Waals surface area (Å²) in [6.45, 7) is 1.09. The van der Waals surface area contributed by atoms with Crippen molar-refractivity contribution in [3.05, 3.63) is 108 Å². The summed E-state index contributed by atoms with van der Waals surface area (Å²) in [5.74, 6) is 0. The molecule has 33 heavy (non-hydrogen) atoms. The maximum Gasteiger partial charge on any atom is 0.184 e. The summed E-state index contributed by atoms with van der Waals surface area (Å²) in [4.78, 5) is 0. The Morgan fingerprint density at radius 1 is 0.606 bits per heavy atom. The topological polar surface area (TPSA) is 77.4 Å². The van der Waals surface area contributed by atoms with Gasteiger partial charge in [0, 0.05) is 0 Å². The molecule has 5 atom stereocenters. The third-order valence-electron chi connectivity index (χ3n) is 5.60. The molecule has 6 heteroatoms. The molecule has 0 aromatic heterocycles. The van der Waals surface area contributed by atoms with Gasteiger partial charge in [-0.15, -0.1) is 0 Å². The van der Waals surface area contributed by atoms with Crippen molar-refractivity contribution in [2.75, 3.05) is 6.61 Å². The van der Waals surface area contributed by atoms with Crippen molar-refractivity contribution in [1.82, 2.24) is 0 Å². The fourth-order valence-corrected chi connectivity index (χ4v) is 3.83. The van der Waals surface area contributed by atoms with E-state index in [1.165, 1.54) is 0 Å². The van der Waals surface area contributed by atoms with Crippen molar-refractivity contribution in [2.45, 2.75) is 50.5 Å². The molecule has 6 nitrogen and oxygen atoms in total. The Balaban J connectivity index is 1.41. The Hall–Kier alpha value is -2.58. The van der Waals surface area contributed by atoms with Gasteiger partial charge in [-0.25, -0.2) is 0 Å². The normalized spacial score (nSPS) is 25.1. The van der Waals surface area contributed by atoms with Crippen LogP contribution >= 0.6 is 0 Å². The second-order valence-electron chi connectivity index (χ2n) is 8.08. The maximum atomic E-state index is 11.1. The van der Waals surface area contributed by atoms with E-state index in [2.05, 4.69) is 0 Å². The molecule has 174 valence electrons. The number of ether oxygens (including phenoxy) is 4. The van der Waals surface area contributed by atoms with E-state index >= 15 is 0 Å². The summed E-state index contributed by atoms with van der Waals surface area (Å²) in [5.41, 5.74) is 2.94. The van der Waals surface area contributed by atoms with Crippen LogP contribution in [0, 0.1) is 0 Å². The molecule has 1 aliphatic heterocycles. The first kappa shape index (κ1) is 23.6. The van der Waals surface area contributed by atoms with Gasteiger partial charge >= 0.3 is 0 Å². The van der Waals surface area contributed by atoms with E-state index in [0.717, 1.165) is 16.7 Å². The number of hydrogen-bond acceptors (Lipinski definition) is 6. The second kappa shape index (κ2) is 12.0. The lowest BCUT2D eigenvalue weighted by atomic mass is 9.98. The van der Waals surface area contributed by atoms with Crippen LogP contribution in [0.25, 0.3) is 0 Å². The van der Waals surface area contributed by atoms with E-state index in [4.69, 9.17) is 18.9 Å². The SMILES string of the molecule is OC1OC(COCc2ccccc2)[C@H](OCc2ccccc2)C(O)C1OCc1ccccc1. The fourth-order valence-electron chi connectivity index (χ4n) is 3.83. The van der Waals surface area contributed by atoms with Gasteiger partial charge in [-0.1, -0.05) is 91.0 Å². The average Bonchev–Trinajstić information content (AvgIpc) is 2.85. The van der Waals surface area contributed by atoms with Crippen LogP contribution in [-0.2, 0) is 38.8 Å². The second-order valence-corrected chi connectivity index (χ2v) is 8.08. The van der Waals surface area contributed by atoms with Crippen LogP contribution in [0.3, 0.4) is 0 Å². The highest BCUT2D eigenvalue weighted by atomic mass is 16.7. The molecule has 4 rings (SSSR count). The predicted molar refractivity (Wildman–Crippen MR) is 123 cm³/mol. The summed E-state index contributed by atoms with van der Waals surface area (Å²) in [7, 11) is 0. The van der Waals surface area contributed by atoms with E-state index in [1.54, 1.807) is 0 Å². The minimum absolute atomic E-state index is 0.161. The average molecular weight is 451 g/mol. The zero-order chi connectivity index (χ0) is 22.9. The van der Waals surface area contributed by atoms with Gasteiger partial charge in [-0.2, -0.15) is 0 Å². The summed E-state index contributed by atoms with van der Waals surface area (Å²) < 4.78 is 23.6. The molecule has 0 aliphatic carbocycles. The smallest absolute Gasteiger partial charge is 0.184 e. The van der Waals surface area contributed by atoms with Gasteiger partial charge < -0.3 is 29.2 Å². The standard InChI is InChI=1S/C27H30O6/c28-24-25(31-17-21-12-6-2-7-13-21)23(19-30-16-20-10-4-1-5-11-20)33-27(29)26(24)32-18-22-14-8-3-9-15-22/h1-15,23-29H,16-19H2/t23?,24?,25-,26?,27?/m0/s1. The van der Waals surface area contributed by atoms with Crippen LogP contribution in [0.2, 0.25) is 0 Å². The highest BCUT2D eigenvalue weighted by molar-refractivity contribution is 5.15. The maximum absolute atomic E-state index is 11.1. The molecule has 4 unspecified atom stereocenters. The number of rotatable bonds is 10. The van der Waals surface area contributed by atoms with Crippen LogP contribution in [0.4, 0.5) is 0 Å². The minimum atomic E-state index is -1.30. The van der Waals surface area contributed by atoms with E-state index in [0.29, 0.717) is 13.2 Å². The molecule has 1 saturated heterocycles. The van der Waals surface area contributed by atoms with Crippen molar-refractivity contribution in [3.63, 3.8) is 0 Å². The molecular formula is C27H30O6. The molecule has 0 spiro atoms. The monoisotopic (exact) mass is 450 g/mol. The van der Waals surface area contributed by atoms with Crippen molar-refractivity contribution in [2.24, 2.45) is 0 Å². The minimum Gasteiger partial charge on any atom is -0.387 e. The van der Waals surface area contributed by atoms with Gasteiger partial charge in [-0.3, -0.25) is 0 Å². The quantitative estimate of drug-likeness (QED) is 0.493. The van der Waals surface area contributed by atoms with Crippen LogP contribution < -0.4 is 0 Å². The zero-order valence-corrected chi connectivity index (χ0v) is 18.4. The molecular weight excluding hydrogens is 420 g/mol. The van der Waals surface area contributed by atoms with Gasteiger partial charge in [0.05, 0.1) is 26.4 Å². The van der Waals surface area contributed by atoms with Gasteiger partial charge in [0.25, 0.3) is 0 Å². The predicted octanol–water partition coefficient (Wildman–Crippen LogP) is 3.45. The molecule has 2 N–H and O–H groups in total. The largest absolute Gasteiger partial charge is 0.387 e. The van der Waals surface area contributed by atoms with Crippen LogP contribution in [0.1, 0.15) is 16.7 Å². The Kier molecular flexibility index (Phi) is 8.60. The third kappa shape index (κ3) is 6.71. The first-order valence-corrected chi connectivity index (χ1v) is 11.1. The highest BCUT2D eigenvalue weighted by Gasteiger charge is 2.46. The lowest BCUT2D eigenvalue weighted by molar-refractivity contribution is -0.308. The van der Waals surface area contributed by atoms with Crippen molar-refractivity contribution in [3.8, 4) is 0 Å². The summed E-state index contributed by atoms with van der Waals surface area (Å²) >= 11 is 0. The lowest BCUT2D eigenvalue weighted by Crippen LogP contribution is -2.60. The van der Waals surface area contributed by atoms with Gasteiger partial charge in [0.1, 0.15) is 24.4 Å². The van der Waals surface area contributed by atoms with Crippen molar-refractivity contribution >= 4 is 0 Å². The summed E-state index contributed by atoms with van der Waals surface area (Å²) in [5, 5.41) is 21.7. The van der Waals surface area contributed by atoms with Crippen LogP contribution in [-0.4, -0.2) is 47.5 Å². The summed E-state index contributed by atoms with van der Waals surface area (Å²) in [6, 6.07) is 29.1. The third-order valence-corrected chi connectivity index (χ3v) is 5.60. The van der Waals surface area contributed by atoms with Gasteiger partial charge in [-0.05, 0) is 16.7 Å². The molecule has 0 bridgehead atoms. The fraction of sp³-hybridized carbons (Fsp3) is 0.333. The highest BCUT2D eigenvalue weighted by Crippen LogP contribution is 2.27. The Bertz CT molecular complexity index is 935. The van der Waals surface area contributed by atoms with E-state index in [1.807, 2.05) is 91.0 Å². The van der Waals surface area contributed by atoms with E-state index in [-0.39, 0.29) is 13.2 Å². The van der Waals surface area contributed by atoms with Crippen LogP contribution in [0.5, 0.6) is 0 Å². The molecule has 1 heterocycles. The van der Waals surface area contributed by atoms with Crippen molar-refractivity contribution < 1.29 is 29.2 Å². The Morgan fingerprint density at radius 3 is 1.58 bits per heavy atom. The van der Waals surface area contributed by atoms with E-state index in [9.17, 15) is 10.2 Å². The molecule has 0 saturated carbocycles.